The van der Waals surface area contributed by atoms with Gasteiger partial charge in [0.1, 0.15) is 0 Å². The zero-order valence-electron chi connectivity index (χ0n) is 10.1. The fourth-order valence-electron chi connectivity index (χ4n) is 1.24. The van der Waals surface area contributed by atoms with E-state index >= 15 is 0 Å². The van der Waals surface area contributed by atoms with Gasteiger partial charge in [0.15, 0.2) is 5.75 Å². The number of hydrogen-bond acceptors (Lipinski definition) is 7. The number of carbonyl (C=O) groups excluding carboxylic acids is 1. The molecule has 0 atom stereocenters. The Morgan fingerprint density at radius 2 is 2.00 bits per heavy atom. The highest BCUT2D eigenvalue weighted by molar-refractivity contribution is 5.93. The SMILES string of the molecule is COC(=O)c1ncc(OC)c(OC(F)(F)F)c1[N+](=O)[O-]. The second kappa shape index (κ2) is 5.59. The van der Waals surface area contributed by atoms with Gasteiger partial charge in [-0.05, 0) is 0 Å². The first kappa shape index (κ1) is 15.5. The maximum absolute atomic E-state index is 12.3. The molecular weight excluding hydrogens is 289 g/mol. The van der Waals surface area contributed by atoms with Gasteiger partial charge in [-0.2, -0.15) is 0 Å². The molecule has 0 aliphatic rings. The van der Waals surface area contributed by atoms with Gasteiger partial charge in [-0.3, -0.25) is 10.1 Å². The number of carbonyl (C=O) groups is 1. The molecule has 0 spiro atoms. The average molecular weight is 296 g/mol. The lowest BCUT2D eigenvalue weighted by molar-refractivity contribution is -0.389. The summed E-state index contributed by atoms with van der Waals surface area (Å²) in [5, 5.41) is 10.9. The Labute approximate surface area is 109 Å². The predicted octanol–water partition coefficient (Wildman–Crippen LogP) is 1.68. The zero-order valence-corrected chi connectivity index (χ0v) is 10.1. The molecule has 0 saturated carbocycles. The van der Waals surface area contributed by atoms with Gasteiger partial charge in [-0.15, -0.1) is 13.2 Å². The van der Waals surface area contributed by atoms with Crippen molar-refractivity contribution in [2.24, 2.45) is 0 Å². The summed E-state index contributed by atoms with van der Waals surface area (Å²) in [5.41, 5.74) is -2.23. The number of rotatable bonds is 4. The van der Waals surface area contributed by atoms with E-state index in [1.54, 1.807) is 0 Å². The molecule has 8 nitrogen and oxygen atoms in total. The summed E-state index contributed by atoms with van der Waals surface area (Å²) in [6, 6.07) is 0. The van der Waals surface area contributed by atoms with Crippen LogP contribution in [0.2, 0.25) is 0 Å². The van der Waals surface area contributed by atoms with Crippen molar-refractivity contribution >= 4 is 11.7 Å². The predicted molar refractivity (Wildman–Crippen MR) is 55.5 cm³/mol. The van der Waals surface area contributed by atoms with E-state index in [0.29, 0.717) is 6.20 Å². The Hall–Kier alpha value is -2.59. The molecular formula is C9H7F3N2O6. The van der Waals surface area contributed by atoms with Crippen molar-refractivity contribution in [3.8, 4) is 11.5 Å². The fourth-order valence-corrected chi connectivity index (χ4v) is 1.24. The minimum absolute atomic E-state index is 0.651. The van der Waals surface area contributed by atoms with Crippen LogP contribution in [0.5, 0.6) is 11.5 Å². The van der Waals surface area contributed by atoms with Crippen molar-refractivity contribution in [2.45, 2.75) is 6.36 Å². The molecule has 1 rings (SSSR count). The van der Waals surface area contributed by atoms with Crippen LogP contribution in [-0.2, 0) is 4.74 Å². The van der Waals surface area contributed by atoms with E-state index in [0.717, 1.165) is 14.2 Å². The van der Waals surface area contributed by atoms with Crippen LogP contribution in [0.4, 0.5) is 18.9 Å². The van der Waals surface area contributed by atoms with Gasteiger partial charge >= 0.3 is 18.0 Å². The minimum Gasteiger partial charge on any atom is -0.491 e. The van der Waals surface area contributed by atoms with E-state index in [4.69, 9.17) is 0 Å². The lowest BCUT2D eigenvalue weighted by atomic mass is 10.2. The first-order chi connectivity index (χ1) is 9.21. The molecule has 20 heavy (non-hydrogen) atoms. The number of halogens is 3. The average Bonchev–Trinajstić information content (AvgIpc) is 2.35. The smallest absolute Gasteiger partial charge is 0.491 e. The molecule has 0 amide bonds. The van der Waals surface area contributed by atoms with Gasteiger partial charge < -0.3 is 14.2 Å². The first-order valence-electron chi connectivity index (χ1n) is 4.76. The molecule has 0 radical (unpaired) electrons. The first-order valence-corrected chi connectivity index (χ1v) is 4.76. The van der Waals surface area contributed by atoms with E-state index < -0.39 is 40.1 Å². The summed E-state index contributed by atoms with van der Waals surface area (Å²) < 4.78 is 49.1. The summed E-state index contributed by atoms with van der Waals surface area (Å²) in [6.07, 6.45) is -4.53. The second-order valence-electron chi connectivity index (χ2n) is 3.15. The van der Waals surface area contributed by atoms with Crippen molar-refractivity contribution < 1.29 is 37.1 Å². The van der Waals surface area contributed by atoms with Crippen molar-refractivity contribution in [3.05, 3.63) is 22.0 Å². The Bertz CT molecular complexity index is 545. The van der Waals surface area contributed by atoms with E-state index in [-0.39, 0.29) is 0 Å². The van der Waals surface area contributed by atoms with Gasteiger partial charge in [0, 0.05) is 0 Å². The number of esters is 1. The third kappa shape index (κ3) is 3.24. The van der Waals surface area contributed by atoms with Crippen LogP contribution < -0.4 is 9.47 Å². The molecule has 0 aliphatic carbocycles. The number of ether oxygens (including phenoxy) is 3. The number of nitrogens with zero attached hydrogens (tertiary/aromatic N) is 2. The molecule has 0 aliphatic heterocycles. The molecule has 1 heterocycles. The maximum Gasteiger partial charge on any atom is 0.573 e. The summed E-state index contributed by atoms with van der Waals surface area (Å²) >= 11 is 0. The molecule has 1 aromatic heterocycles. The topological polar surface area (TPSA) is 101 Å². The van der Waals surface area contributed by atoms with Crippen molar-refractivity contribution in [2.75, 3.05) is 14.2 Å². The minimum atomic E-state index is -5.22. The number of pyridine rings is 1. The summed E-state index contributed by atoms with van der Waals surface area (Å²) in [6.45, 7) is 0. The van der Waals surface area contributed by atoms with E-state index in [1.807, 2.05) is 0 Å². The number of hydrogen-bond donors (Lipinski definition) is 0. The van der Waals surface area contributed by atoms with Crippen LogP contribution in [0.3, 0.4) is 0 Å². The second-order valence-corrected chi connectivity index (χ2v) is 3.15. The lowest BCUT2D eigenvalue weighted by Gasteiger charge is -2.13. The Morgan fingerprint density at radius 3 is 2.40 bits per heavy atom. The van der Waals surface area contributed by atoms with Crippen molar-refractivity contribution in [3.63, 3.8) is 0 Å². The van der Waals surface area contributed by atoms with E-state index in [9.17, 15) is 28.1 Å². The molecule has 0 aromatic carbocycles. The Morgan fingerprint density at radius 1 is 1.40 bits per heavy atom. The third-order valence-corrected chi connectivity index (χ3v) is 1.97. The quantitative estimate of drug-likeness (QED) is 0.473. The van der Waals surface area contributed by atoms with Crippen LogP contribution in [-0.4, -0.2) is 36.5 Å². The van der Waals surface area contributed by atoms with Crippen LogP contribution in [0, 0.1) is 10.1 Å². The highest BCUT2D eigenvalue weighted by Crippen LogP contribution is 2.41. The molecule has 0 saturated heterocycles. The molecule has 0 unspecified atom stereocenters. The van der Waals surface area contributed by atoms with Crippen LogP contribution >= 0.6 is 0 Å². The van der Waals surface area contributed by atoms with Gasteiger partial charge in [-0.25, -0.2) is 9.78 Å². The molecule has 11 heteroatoms. The van der Waals surface area contributed by atoms with Crippen molar-refractivity contribution in [1.82, 2.24) is 4.98 Å². The van der Waals surface area contributed by atoms with Gasteiger partial charge in [0.2, 0.25) is 5.69 Å². The largest absolute Gasteiger partial charge is 0.573 e. The monoisotopic (exact) mass is 296 g/mol. The number of nitro groups is 1. The van der Waals surface area contributed by atoms with Gasteiger partial charge in [0.05, 0.1) is 25.3 Å². The van der Waals surface area contributed by atoms with Crippen LogP contribution in [0.1, 0.15) is 10.5 Å². The van der Waals surface area contributed by atoms with Gasteiger partial charge in [0.25, 0.3) is 5.75 Å². The highest BCUT2D eigenvalue weighted by Gasteiger charge is 2.40. The third-order valence-electron chi connectivity index (χ3n) is 1.97. The standard InChI is InChI=1S/C9H7F3N2O6/c1-18-4-3-13-5(8(15)19-2)6(14(16)17)7(4)20-9(10,11)12/h3H,1-2H3. The summed E-state index contributed by atoms with van der Waals surface area (Å²) in [4.78, 5) is 24.3. The van der Waals surface area contributed by atoms with Gasteiger partial charge in [-0.1, -0.05) is 0 Å². The summed E-state index contributed by atoms with van der Waals surface area (Å²) in [7, 11) is 1.85. The molecule has 0 N–H and O–H groups in total. The molecule has 1 aromatic rings. The maximum atomic E-state index is 12.3. The fraction of sp³-hybridized carbons (Fsp3) is 0.333. The number of aromatic nitrogens is 1. The molecule has 0 fully saturated rings. The normalized spacial score (nSPS) is 10.8. The molecule has 110 valence electrons. The van der Waals surface area contributed by atoms with Crippen LogP contribution in [0.25, 0.3) is 0 Å². The van der Waals surface area contributed by atoms with E-state index in [2.05, 4.69) is 19.2 Å². The number of methoxy groups -OCH3 is 2. The zero-order chi connectivity index (χ0) is 15.5. The lowest BCUT2D eigenvalue weighted by Crippen LogP contribution is -2.20. The molecule has 0 bridgehead atoms. The van der Waals surface area contributed by atoms with Crippen molar-refractivity contribution in [1.29, 1.82) is 0 Å². The number of alkyl halides is 3. The highest BCUT2D eigenvalue weighted by atomic mass is 19.4. The Kier molecular flexibility index (Phi) is 4.32. The Balaban J connectivity index is 3.57. The van der Waals surface area contributed by atoms with E-state index in [1.165, 1.54) is 0 Å². The van der Waals surface area contributed by atoms with Crippen LogP contribution in [0.15, 0.2) is 6.20 Å². The summed E-state index contributed by atoms with van der Waals surface area (Å²) in [5.74, 6) is -3.21.